The molecule has 0 saturated heterocycles. The molecule has 2 aromatic rings. The number of benzene rings is 2. The van der Waals surface area contributed by atoms with Crippen LogP contribution in [0.3, 0.4) is 0 Å². The van der Waals surface area contributed by atoms with Crippen molar-refractivity contribution < 1.29 is 19.1 Å². The van der Waals surface area contributed by atoms with Gasteiger partial charge in [0.2, 0.25) is 0 Å². The number of esters is 1. The summed E-state index contributed by atoms with van der Waals surface area (Å²) in [6.07, 6.45) is 5.06. The minimum atomic E-state index is -0.500. The Kier molecular flexibility index (Phi) is 3.34. The van der Waals surface area contributed by atoms with Crippen molar-refractivity contribution in [2.24, 2.45) is 11.8 Å². The average Bonchev–Trinajstić information content (AvgIpc) is 2.59. The Morgan fingerprint density at radius 2 is 1.71 bits per heavy atom. The van der Waals surface area contributed by atoms with Crippen LogP contribution in [0.25, 0.3) is 10.8 Å². The van der Waals surface area contributed by atoms with Crippen molar-refractivity contribution in [1.82, 2.24) is 0 Å². The van der Waals surface area contributed by atoms with Gasteiger partial charge in [0.1, 0.15) is 5.75 Å². The zero-order chi connectivity index (χ0) is 16.8. The topological polar surface area (TPSA) is 60.4 Å². The summed E-state index contributed by atoms with van der Waals surface area (Å²) in [5.74, 6) is -1.06. The molecule has 0 spiro atoms. The first-order chi connectivity index (χ1) is 11.6. The van der Waals surface area contributed by atoms with Crippen molar-refractivity contribution in [3.05, 3.63) is 53.6 Å². The Hall–Kier alpha value is -2.75. The van der Waals surface area contributed by atoms with Crippen molar-refractivity contribution in [2.75, 3.05) is 0 Å². The van der Waals surface area contributed by atoms with E-state index < -0.39 is 5.97 Å². The van der Waals surface area contributed by atoms with Crippen LogP contribution in [0.4, 0.5) is 0 Å². The summed E-state index contributed by atoms with van der Waals surface area (Å²) in [7, 11) is 0. The van der Waals surface area contributed by atoms with Gasteiger partial charge >= 0.3 is 5.97 Å². The van der Waals surface area contributed by atoms with Crippen molar-refractivity contribution >= 4 is 28.3 Å². The number of hydrogen-bond acceptors (Lipinski definition) is 4. The zero-order valence-electron chi connectivity index (χ0n) is 13.2. The van der Waals surface area contributed by atoms with E-state index in [1.165, 1.54) is 6.92 Å². The molecule has 0 aromatic heterocycles. The van der Waals surface area contributed by atoms with Crippen molar-refractivity contribution in [1.29, 1.82) is 0 Å². The van der Waals surface area contributed by atoms with Crippen LogP contribution in [-0.2, 0) is 4.79 Å². The Balaban J connectivity index is 2.03. The van der Waals surface area contributed by atoms with E-state index in [9.17, 15) is 14.4 Å². The lowest BCUT2D eigenvalue weighted by Gasteiger charge is -2.32. The molecule has 0 bridgehead atoms. The summed E-state index contributed by atoms with van der Waals surface area (Å²) < 4.78 is 5.39. The number of fused-ring (bicyclic) bond motifs is 3. The number of rotatable bonds is 1. The van der Waals surface area contributed by atoms with E-state index in [1.54, 1.807) is 12.1 Å². The molecule has 4 heteroatoms. The normalized spacial score (nSPS) is 22.2. The number of Topliss-reactive ketones (excluding diaryl/α,β-unsaturated/α-hetero) is 2. The van der Waals surface area contributed by atoms with E-state index in [4.69, 9.17) is 4.74 Å². The Morgan fingerprint density at radius 3 is 2.42 bits per heavy atom. The maximum atomic E-state index is 13.1. The van der Waals surface area contributed by atoms with Crippen molar-refractivity contribution in [3.63, 3.8) is 0 Å². The smallest absolute Gasteiger partial charge is 0.308 e. The quantitative estimate of drug-likeness (QED) is 0.456. The van der Waals surface area contributed by atoms with Crippen LogP contribution in [0.1, 0.15) is 40.5 Å². The number of allylic oxidation sites excluding steroid dienone is 2. The van der Waals surface area contributed by atoms with E-state index in [0.29, 0.717) is 23.8 Å². The van der Waals surface area contributed by atoms with Crippen LogP contribution >= 0.6 is 0 Å². The molecule has 0 heterocycles. The summed E-state index contributed by atoms with van der Waals surface area (Å²) in [5, 5.41) is 1.47. The number of carbonyl (C=O) groups excluding carboxylic acids is 3. The summed E-state index contributed by atoms with van der Waals surface area (Å²) in [6.45, 7) is 1.30. The van der Waals surface area contributed by atoms with Gasteiger partial charge in [0, 0.05) is 29.7 Å². The molecule has 0 radical (unpaired) electrons. The van der Waals surface area contributed by atoms with Gasteiger partial charge < -0.3 is 4.74 Å². The summed E-state index contributed by atoms with van der Waals surface area (Å²) >= 11 is 0. The average molecular weight is 320 g/mol. The molecule has 0 unspecified atom stereocenters. The molecule has 2 aromatic carbocycles. The summed E-state index contributed by atoms with van der Waals surface area (Å²) in [4.78, 5) is 37.6. The van der Waals surface area contributed by atoms with Gasteiger partial charge in [0.05, 0.1) is 5.56 Å². The van der Waals surface area contributed by atoms with Gasteiger partial charge in [-0.1, -0.05) is 36.4 Å². The Bertz CT molecular complexity index is 923. The largest absolute Gasteiger partial charge is 0.425 e. The molecular weight excluding hydrogens is 304 g/mol. The highest BCUT2D eigenvalue weighted by molar-refractivity contribution is 6.21. The molecule has 2 aliphatic rings. The zero-order valence-corrected chi connectivity index (χ0v) is 13.2. The van der Waals surface area contributed by atoms with E-state index in [2.05, 4.69) is 0 Å². The van der Waals surface area contributed by atoms with Gasteiger partial charge in [-0.05, 0) is 24.3 Å². The van der Waals surface area contributed by atoms with Gasteiger partial charge in [-0.2, -0.15) is 0 Å². The molecule has 4 rings (SSSR count). The van der Waals surface area contributed by atoms with Crippen LogP contribution in [-0.4, -0.2) is 17.5 Å². The Labute approximate surface area is 139 Å². The predicted octanol–water partition coefficient (Wildman–Crippen LogP) is 3.73. The predicted molar refractivity (Wildman–Crippen MR) is 89.3 cm³/mol. The van der Waals surface area contributed by atoms with Gasteiger partial charge in [-0.25, -0.2) is 0 Å². The van der Waals surface area contributed by atoms with Gasteiger partial charge in [-0.15, -0.1) is 0 Å². The fraction of sp³-hybridized carbons (Fsp3) is 0.250. The lowest BCUT2D eigenvalue weighted by atomic mass is 9.69. The SMILES string of the molecule is CC(=O)Oc1c2c(cc3ccccc13)C(=O)[C@H]1CC=CC[C@H]1C2=O. The van der Waals surface area contributed by atoms with E-state index >= 15 is 0 Å². The van der Waals surface area contributed by atoms with E-state index in [1.807, 2.05) is 30.4 Å². The lowest BCUT2D eigenvalue weighted by molar-refractivity contribution is -0.131. The van der Waals surface area contributed by atoms with Crippen molar-refractivity contribution in [3.8, 4) is 5.75 Å². The molecule has 0 amide bonds. The molecule has 2 aliphatic carbocycles. The fourth-order valence-electron chi connectivity index (χ4n) is 3.78. The summed E-state index contributed by atoms with van der Waals surface area (Å²) in [5.41, 5.74) is 0.650. The van der Waals surface area contributed by atoms with Crippen LogP contribution in [0.2, 0.25) is 0 Å². The fourth-order valence-corrected chi connectivity index (χ4v) is 3.78. The molecule has 0 aliphatic heterocycles. The molecule has 0 fully saturated rings. The van der Waals surface area contributed by atoms with Gasteiger partial charge in [0.25, 0.3) is 0 Å². The third kappa shape index (κ3) is 2.10. The number of ketones is 2. The molecule has 2 atom stereocenters. The van der Waals surface area contributed by atoms with Crippen LogP contribution < -0.4 is 4.74 Å². The first-order valence-electron chi connectivity index (χ1n) is 8.05. The molecule has 120 valence electrons. The van der Waals surface area contributed by atoms with Crippen LogP contribution in [0.15, 0.2) is 42.5 Å². The minimum Gasteiger partial charge on any atom is -0.425 e. The van der Waals surface area contributed by atoms with Gasteiger partial charge in [-0.3, -0.25) is 14.4 Å². The summed E-state index contributed by atoms with van der Waals surface area (Å²) in [6, 6.07) is 9.09. The highest BCUT2D eigenvalue weighted by atomic mass is 16.5. The molecule has 4 nitrogen and oxygen atoms in total. The van der Waals surface area contributed by atoms with Crippen LogP contribution in [0.5, 0.6) is 5.75 Å². The third-order valence-corrected chi connectivity index (χ3v) is 4.87. The molecule has 24 heavy (non-hydrogen) atoms. The lowest BCUT2D eigenvalue weighted by Crippen LogP contribution is -2.37. The number of ether oxygens (including phenoxy) is 1. The monoisotopic (exact) mass is 320 g/mol. The van der Waals surface area contributed by atoms with Gasteiger partial charge in [0.15, 0.2) is 11.6 Å². The number of carbonyl (C=O) groups is 3. The van der Waals surface area contributed by atoms with Crippen molar-refractivity contribution in [2.45, 2.75) is 19.8 Å². The minimum absolute atomic E-state index is 0.0295. The third-order valence-electron chi connectivity index (χ3n) is 4.87. The Morgan fingerprint density at radius 1 is 1.04 bits per heavy atom. The molecule has 0 N–H and O–H groups in total. The molecular formula is C20H16O4. The highest BCUT2D eigenvalue weighted by Crippen LogP contribution is 2.43. The maximum absolute atomic E-state index is 13.1. The number of hydrogen-bond donors (Lipinski definition) is 0. The first kappa shape index (κ1) is 14.8. The second kappa shape index (κ2) is 5.41. The molecule has 0 saturated carbocycles. The second-order valence-corrected chi connectivity index (χ2v) is 6.33. The van der Waals surface area contributed by atoms with Crippen LogP contribution in [0, 0.1) is 11.8 Å². The maximum Gasteiger partial charge on any atom is 0.308 e. The van der Waals surface area contributed by atoms with E-state index in [0.717, 1.165) is 5.39 Å². The first-order valence-corrected chi connectivity index (χ1v) is 8.05. The second-order valence-electron chi connectivity index (χ2n) is 6.33. The standard InChI is InChI=1S/C20H16O4/c1-11(21)24-20-13-7-3-2-6-12(13)10-16-17(20)19(23)15-9-5-4-8-14(15)18(16)22/h2-7,10,14-15H,8-9H2,1H3/t14-,15+/m0/s1. The van der Waals surface area contributed by atoms with E-state index in [-0.39, 0.29) is 34.7 Å². The highest BCUT2D eigenvalue weighted by Gasteiger charge is 2.43.